The molecule has 0 unspecified atom stereocenters. The van der Waals surface area contributed by atoms with Gasteiger partial charge < -0.3 is 11.1 Å². The predicted octanol–water partition coefficient (Wildman–Crippen LogP) is 3.45. The molecule has 3 N–H and O–H groups in total. The Labute approximate surface area is 139 Å². The number of thioether (sulfide) groups is 1. The third kappa shape index (κ3) is 3.98. The SMILES string of the molecule is CSc1cccc(-c2nc(N)nc(NCc3ccccc3)n2)c1. The number of nitrogen functional groups attached to an aromatic ring is 1. The van der Waals surface area contributed by atoms with Gasteiger partial charge in [-0.3, -0.25) is 0 Å². The molecular weight excluding hydrogens is 306 g/mol. The van der Waals surface area contributed by atoms with E-state index in [1.54, 1.807) is 11.8 Å². The van der Waals surface area contributed by atoms with E-state index in [9.17, 15) is 0 Å². The van der Waals surface area contributed by atoms with Gasteiger partial charge in [0.1, 0.15) is 0 Å². The highest BCUT2D eigenvalue weighted by Crippen LogP contribution is 2.23. The maximum Gasteiger partial charge on any atom is 0.228 e. The van der Waals surface area contributed by atoms with Crippen molar-refractivity contribution in [2.75, 3.05) is 17.3 Å². The number of hydrogen-bond donors (Lipinski definition) is 2. The van der Waals surface area contributed by atoms with Gasteiger partial charge in [0, 0.05) is 17.0 Å². The van der Waals surface area contributed by atoms with E-state index in [4.69, 9.17) is 5.73 Å². The van der Waals surface area contributed by atoms with Crippen molar-refractivity contribution in [3.8, 4) is 11.4 Å². The van der Waals surface area contributed by atoms with Crippen molar-refractivity contribution >= 4 is 23.7 Å². The molecule has 0 aliphatic heterocycles. The summed E-state index contributed by atoms with van der Waals surface area (Å²) in [6.45, 7) is 0.634. The van der Waals surface area contributed by atoms with Gasteiger partial charge in [0.25, 0.3) is 0 Å². The van der Waals surface area contributed by atoms with E-state index in [2.05, 4.69) is 20.3 Å². The standard InChI is InChI=1S/C17H17N5S/c1-23-14-9-5-8-13(10-14)15-20-16(18)22-17(21-15)19-11-12-6-3-2-4-7-12/h2-10H,11H2,1H3,(H3,18,19,20,21,22). The molecule has 0 aliphatic rings. The van der Waals surface area contributed by atoms with Crippen molar-refractivity contribution in [1.29, 1.82) is 0 Å². The van der Waals surface area contributed by atoms with Crippen LogP contribution in [0.2, 0.25) is 0 Å². The summed E-state index contributed by atoms with van der Waals surface area (Å²) in [6, 6.07) is 18.1. The summed E-state index contributed by atoms with van der Waals surface area (Å²) in [4.78, 5) is 14.0. The smallest absolute Gasteiger partial charge is 0.228 e. The van der Waals surface area contributed by atoms with Crippen LogP contribution in [0.4, 0.5) is 11.9 Å². The van der Waals surface area contributed by atoms with E-state index in [-0.39, 0.29) is 5.95 Å². The van der Waals surface area contributed by atoms with E-state index in [1.807, 2.05) is 60.9 Å². The van der Waals surface area contributed by atoms with Crippen LogP contribution in [0.15, 0.2) is 59.5 Å². The zero-order valence-electron chi connectivity index (χ0n) is 12.7. The lowest BCUT2D eigenvalue weighted by molar-refractivity contribution is 1.02. The number of nitrogens with zero attached hydrogens (tertiary/aromatic N) is 3. The van der Waals surface area contributed by atoms with E-state index in [1.165, 1.54) is 0 Å². The first kappa shape index (κ1) is 15.3. The molecule has 0 bridgehead atoms. The molecule has 0 saturated heterocycles. The molecule has 23 heavy (non-hydrogen) atoms. The highest BCUT2D eigenvalue weighted by atomic mass is 32.2. The molecule has 1 aromatic heterocycles. The van der Waals surface area contributed by atoms with Gasteiger partial charge in [-0.1, -0.05) is 42.5 Å². The second-order valence-electron chi connectivity index (χ2n) is 4.91. The monoisotopic (exact) mass is 323 g/mol. The van der Waals surface area contributed by atoms with Gasteiger partial charge in [0.05, 0.1) is 0 Å². The average molecular weight is 323 g/mol. The third-order valence-corrected chi connectivity index (χ3v) is 4.00. The predicted molar refractivity (Wildman–Crippen MR) is 95.2 cm³/mol. The second kappa shape index (κ2) is 7.11. The summed E-state index contributed by atoms with van der Waals surface area (Å²) < 4.78 is 0. The Hall–Kier alpha value is -2.60. The molecule has 0 fully saturated rings. The normalized spacial score (nSPS) is 10.5. The number of nitrogens with one attached hydrogen (secondary N) is 1. The van der Waals surface area contributed by atoms with Gasteiger partial charge in [0.15, 0.2) is 5.82 Å². The molecule has 0 saturated carbocycles. The van der Waals surface area contributed by atoms with Crippen molar-refractivity contribution in [2.24, 2.45) is 0 Å². The zero-order chi connectivity index (χ0) is 16.1. The van der Waals surface area contributed by atoms with Gasteiger partial charge in [-0.15, -0.1) is 11.8 Å². The topological polar surface area (TPSA) is 76.7 Å². The van der Waals surface area contributed by atoms with Crippen LogP contribution in [0.3, 0.4) is 0 Å². The van der Waals surface area contributed by atoms with E-state index >= 15 is 0 Å². The Bertz CT molecular complexity index is 792. The maximum absolute atomic E-state index is 5.83. The molecule has 0 spiro atoms. The first-order valence-electron chi connectivity index (χ1n) is 7.18. The van der Waals surface area contributed by atoms with Gasteiger partial charge in [-0.05, 0) is 24.0 Å². The van der Waals surface area contributed by atoms with Crippen LogP contribution in [-0.4, -0.2) is 21.2 Å². The van der Waals surface area contributed by atoms with Gasteiger partial charge in [0.2, 0.25) is 11.9 Å². The molecule has 5 nitrogen and oxygen atoms in total. The quantitative estimate of drug-likeness (QED) is 0.700. The Balaban J connectivity index is 1.84. The summed E-state index contributed by atoms with van der Waals surface area (Å²) in [7, 11) is 0. The minimum absolute atomic E-state index is 0.208. The summed E-state index contributed by atoms with van der Waals surface area (Å²) in [5.74, 6) is 1.26. The molecule has 0 radical (unpaired) electrons. The largest absolute Gasteiger partial charge is 0.368 e. The number of rotatable bonds is 5. The van der Waals surface area contributed by atoms with Crippen LogP contribution in [0, 0.1) is 0 Å². The summed E-state index contributed by atoms with van der Waals surface area (Å²) in [5.41, 5.74) is 7.90. The molecule has 0 aliphatic carbocycles. The zero-order valence-corrected chi connectivity index (χ0v) is 13.5. The van der Waals surface area contributed by atoms with Crippen LogP contribution in [0.25, 0.3) is 11.4 Å². The number of hydrogen-bond acceptors (Lipinski definition) is 6. The number of benzene rings is 2. The number of anilines is 2. The Morgan fingerprint density at radius 2 is 1.83 bits per heavy atom. The van der Waals surface area contributed by atoms with Crippen molar-refractivity contribution in [1.82, 2.24) is 15.0 Å². The van der Waals surface area contributed by atoms with Crippen LogP contribution in [0.5, 0.6) is 0 Å². The van der Waals surface area contributed by atoms with Crippen molar-refractivity contribution in [3.63, 3.8) is 0 Å². The summed E-state index contributed by atoms with van der Waals surface area (Å²) in [6.07, 6.45) is 2.04. The molecular formula is C17H17N5S. The Morgan fingerprint density at radius 1 is 1.00 bits per heavy atom. The molecule has 3 rings (SSSR count). The molecule has 1 heterocycles. The Morgan fingerprint density at radius 3 is 2.61 bits per heavy atom. The molecule has 2 aromatic carbocycles. The lowest BCUT2D eigenvalue weighted by Gasteiger charge is -2.08. The van der Waals surface area contributed by atoms with Crippen LogP contribution in [0.1, 0.15) is 5.56 Å². The van der Waals surface area contributed by atoms with Crippen LogP contribution in [-0.2, 0) is 6.54 Å². The van der Waals surface area contributed by atoms with E-state index in [0.717, 1.165) is 16.0 Å². The fraction of sp³-hybridized carbons (Fsp3) is 0.118. The van der Waals surface area contributed by atoms with Crippen molar-refractivity contribution in [3.05, 3.63) is 60.2 Å². The minimum Gasteiger partial charge on any atom is -0.368 e. The average Bonchev–Trinajstić information content (AvgIpc) is 2.60. The fourth-order valence-electron chi connectivity index (χ4n) is 2.14. The van der Waals surface area contributed by atoms with Gasteiger partial charge in [-0.2, -0.15) is 15.0 Å². The lowest BCUT2D eigenvalue weighted by Crippen LogP contribution is -2.08. The summed E-state index contributed by atoms with van der Waals surface area (Å²) >= 11 is 1.68. The van der Waals surface area contributed by atoms with Gasteiger partial charge in [-0.25, -0.2) is 0 Å². The first-order valence-corrected chi connectivity index (χ1v) is 8.41. The molecule has 0 amide bonds. The van der Waals surface area contributed by atoms with Crippen molar-refractivity contribution < 1.29 is 0 Å². The van der Waals surface area contributed by atoms with E-state index < -0.39 is 0 Å². The highest BCUT2D eigenvalue weighted by molar-refractivity contribution is 7.98. The fourth-order valence-corrected chi connectivity index (χ4v) is 2.60. The molecule has 116 valence electrons. The summed E-state index contributed by atoms with van der Waals surface area (Å²) in [5, 5.41) is 3.19. The highest BCUT2D eigenvalue weighted by Gasteiger charge is 2.07. The molecule has 3 aromatic rings. The molecule has 0 atom stereocenters. The number of nitrogens with two attached hydrogens (primary N) is 1. The minimum atomic E-state index is 0.208. The number of aromatic nitrogens is 3. The Kier molecular flexibility index (Phi) is 4.73. The first-order chi connectivity index (χ1) is 11.2. The maximum atomic E-state index is 5.83. The lowest BCUT2D eigenvalue weighted by atomic mass is 10.2. The third-order valence-electron chi connectivity index (χ3n) is 3.27. The van der Waals surface area contributed by atoms with Crippen molar-refractivity contribution in [2.45, 2.75) is 11.4 Å². The van der Waals surface area contributed by atoms with Crippen LogP contribution >= 0.6 is 11.8 Å². The van der Waals surface area contributed by atoms with Crippen LogP contribution < -0.4 is 11.1 Å². The molecule has 6 heteroatoms. The van der Waals surface area contributed by atoms with E-state index in [0.29, 0.717) is 18.3 Å². The van der Waals surface area contributed by atoms with Gasteiger partial charge >= 0.3 is 0 Å². The second-order valence-corrected chi connectivity index (χ2v) is 5.79.